The molecular weight excluding hydrogens is 352 g/mol. The van der Waals surface area contributed by atoms with Crippen molar-refractivity contribution < 1.29 is 14.7 Å². The van der Waals surface area contributed by atoms with Gasteiger partial charge in [0.15, 0.2) is 5.76 Å². The second-order valence-electron chi connectivity index (χ2n) is 6.34. The molecule has 0 saturated heterocycles. The van der Waals surface area contributed by atoms with Gasteiger partial charge in [0, 0.05) is 18.6 Å². The lowest BCUT2D eigenvalue weighted by Crippen LogP contribution is -2.27. The molecule has 0 saturated carbocycles. The van der Waals surface area contributed by atoms with Crippen LogP contribution in [0, 0.1) is 6.92 Å². The molecule has 3 rings (SSSR count). The van der Waals surface area contributed by atoms with Crippen LogP contribution in [0.4, 0.5) is 0 Å². The molecule has 2 aromatic rings. The van der Waals surface area contributed by atoms with Crippen LogP contribution < -0.4 is 5.32 Å². The number of likely N-dealkylation sites (N-methyl/N-ethyl adjacent to an activating group) is 1. The number of aliphatic hydroxyl groups excluding tert-OH is 1. The van der Waals surface area contributed by atoms with Crippen LogP contribution in [0.3, 0.4) is 0 Å². The molecule has 1 heterocycles. The molecule has 5 nitrogen and oxygen atoms in total. The number of amides is 2. The van der Waals surface area contributed by atoms with Crippen LogP contribution >= 0.6 is 11.6 Å². The highest BCUT2D eigenvalue weighted by molar-refractivity contribution is 6.31. The van der Waals surface area contributed by atoms with E-state index < -0.39 is 17.6 Å². The first-order valence-electron chi connectivity index (χ1n) is 8.18. The van der Waals surface area contributed by atoms with E-state index in [1.807, 2.05) is 49.4 Å². The Labute approximate surface area is 156 Å². The Balaban J connectivity index is 1.72. The normalized spacial score (nSPS) is 14.1. The zero-order chi connectivity index (χ0) is 18.8. The van der Waals surface area contributed by atoms with Crippen molar-refractivity contribution in [2.75, 3.05) is 13.6 Å². The number of benzene rings is 2. The minimum Gasteiger partial charge on any atom is -0.503 e. The highest BCUT2D eigenvalue weighted by Gasteiger charge is 2.31. The first kappa shape index (κ1) is 18.0. The summed E-state index contributed by atoms with van der Waals surface area (Å²) in [6.07, 6.45) is 0. The number of hydrogen-bond donors (Lipinski definition) is 2. The Bertz CT molecular complexity index is 921. The van der Waals surface area contributed by atoms with Gasteiger partial charge in [-0.25, -0.2) is 0 Å². The van der Waals surface area contributed by atoms with Gasteiger partial charge in [-0.2, -0.15) is 0 Å². The predicted octanol–water partition coefficient (Wildman–Crippen LogP) is 3.22. The predicted molar refractivity (Wildman–Crippen MR) is 101 cm³/mol. The molecule has 0 bridgehead atoms. The number of nitrogens with zero attached hydrogens (tertiary/aromatic N) is 1. The van der Waals surface area contributed by atoms with Gasteiger partial charge in [-0.05, 0) is 41.3 Å². The molecule has 1 aliphatic heterocycles. The van der Waals surface area contributed by atoms with Crippen molar-refractivity contribution in [2.24, 2.45) is 0 Å². The van der Waals surface area contributed by atoms with E-state index in [4.69, 9.17) is 11.6 Å². The summed E-state index contributed by atoms with van der Waals surface area (Å²) >= 11 is 6.20. The molecule has 0 spiro atoms. The van der Waals surface area contributed by atoms with Crippen LogP contribution in [0.5, 0.6) is 0 Å². The smallest absolute Gasteiger partial charge is 0.289 e. The zero-order valence-electron chi connectivity index (χ0n) is 14.5. The largest absolute Gasteiger partial charge is 0.503 e. The van der Waals surface area contributed by atoms with E-state index in [-0.39, 0.29) is 12.1 Å². The molecule has 0 aromatic heterocycles. The fourth-order valence-electron chi connectivity index (χ4n) is 2.80. The number of hydrogen-bond acceptors (Lipinski definition) is 3. The van der Waals surface area contributed by atoms with Crippen molar-refractivity contribution in [2.45, 2.75) is 13.5 Å². The first-order valence-corrected chi connectivity index (χ1v) is 8.56. The van der Waals surface area contributed by atoms with Gasteiger partial charge in [0.25, 0.3) is 11.8 Å². The number of aliphatic hydroxyl groups is 1. The minimum absolute atomic E-state index is 0.0963. The average Bonchev–Trinajstić information content (AvgIpc) is 2.90. The molecule has 134 valence electrons. The van der Waals surface area contributed by atoms with Gasteiger partial charge < -0.3 is 15.3 Å². The number of carbonyl (C=O) groups is 2. The number of aryl methyl sites for hydroxylation is 1. The summed E-state index contributed by atoms with van der Waals surface area (Å²) in [7, 11) is 1.54. The van der Waals surface area contributed by atoms with Gasteiger partial charge in [0.05, 0.1) is 12.1 Å². The summed E-state index contributed by atoms with van der Waals surface area (Å²) in [6, 6.07) is 13.6. The highest BCUT2D eigenvalue weighted by atomic mass is 35.5. The molecule has 6 heteroatoms. The Morgan fingerprint density at radius 2 is 1.96 bits per heavy atom. The Hall–Kier alpha value is -2.79. The van der Waals surface area contributed by atoms with Crippen molar-refractivity contribution >= 4 is 23.4 Å². The Morgan fingerprint density at radius 3 is 2.62 bits per heavy atom. The highest BCUT2D eigenvalue weighted by Crippen LogP contribution is 2.26. The van der Waals surface area contributed by atoms with Gasteiger partial charge in [-0.3, -0.25) is 9.59 Å². The average molecular weight is 371 g/mol. The SMILES string of the molecule is Cc1ccc(-c2cccc(CNC(=O)C3=C(O)C(=O)N(C)C3)c2)cc1Cl. The summed E-state index contributed by atoms with van der Waals surface area (Å²) < 4.78 is 0. The lowest BCUT2D eigenvalue weighted by molar-refractivity contribution is -0.126. The van der Waals surface area contributed by atoms with Crippen LogP contribution in [-0.4, -0.2) is 35.4 Å². The summed E-state index contributed by atoms with van der Waals surface area (Å²) in [6.45, 7) is 2.35. The summed E-state index contributed by atoms with van der Waals surface area (Å²) in [5, 5.41) is 13.2. The van der Waals surface area contributed by atoms with Crippen LogP contribution in [-0.2, 0) is 16.1 Å². The second kappa shape index (κ2) is 7.22. The molecule has 2 aromatic carbocycles. The lowest BCUT2D eigenvalue weighted by atomic mass is 10.0. The molecule has 1 aliphatic rings. The number of carbonyl (C=O) groups excluding carboxylic acids is 2. The minimum atomic E-state index is -0.534. The van der Waals surface area contributed by atoms with E-state index >= 15 is 0 Å². The molecule has 26 heavy (non-hydrogen) atoms. The maximum absolute atomic E-state index is 12.2. The molecule has 2 N–H and O–H groups in total. The third-order valence-electron chi connectivity index (χ3n) is 4.39. The van der Waals surface area contributed by atoms with Crippen molar-refractivity contribution in [3.63, 3.8) is 0 Å². The summed E-state index contributed by atoms with van der Waals surface area (Å²) in [5.74, 6) is -1.45. The van der Waals surface area contributed by atoms with Crippen LogP contribution in [0.2, 0.25) is 5.02 Å². The van der Waals surface area contributed by atoms with Gasteiger partial charge in [0.1, 0.15) is 0 Å². The molecule has 0 unspecified atom stereocenters. The third-order valence-corrected chi connectivity index (χ3v) is 4.80. The van der Waals surface area contributed by atoms with E-state index in [0.29, 0.717) is 11.6 Å². The topological polar surface area (TPSA) is 69.6 Å². The van der Waals surface area contributed by atoms with Gasteiger partial charge in [-0.15, -0.1) is 0 Å². The van der Waals surface area contributed by atoms with Gasteiger partial charge in [-0.1, -0.05) is 41.9 Å². The van der Waals surface area contributed by atoms with E-state index in [1.54, 1.807) is 0 Å². The van der Waals surface area contributed by atoms with Crippen molar-refractivity contribution in [3.8, 4) is 11.1 Å². The number of rotatable bonds is 4. The maximum atomic E-state index is 12.2. The maximum Gasteiger partial charge on any atom is 0.289 e. The van der Waals surface area contributed by atoms with E-state index in [1.165, 1.54) is 11.9 Å². The monoisotopic (exact) mass is 370 g/mol. The van der Waals surface area contributed by atoms with Crippen LogP contribution in [0.15, 0.2) is 53.8 Å². The standard InChI is InChI=1S/C20H19ClN2O3/c1-12-6-7-15(9-17(12)21)14-5-3-4-13(8-14)10-22-19(25)16-11-23(2)20(26)18(16)24/h3-9,24H,10-11H2,1-2H3,(H,22,25). The summed E-state index contributed by atoms with van der Waals surface area (Å²) in [4.78, 5) is 25.1. The van der Waals surface area contributed by atoms with Crippen LogP contribution in [0.25, 0.3) is 11.1 Å². The lowest BCUT2D eigenvalue weighted by Gasteiger charge is -2.10. The fraction of sp³-hybridized carbons (Fsp3) is 0.200. The summed E-state index contributed by atoms with van der Waals surface area (Å²) in [5.41, 5.74) is 4.01. The van der Waals surface area contributed by atoms with Crippen molar-refractivity contribution in [1.29, 1.82) is 0 Å². The quantitative estimate of drug-likeness (QED) is 0.868. The molecule has 0 fully saturated rings. The number of halogens is 1. The molecular formula is C20H19ClN2O3. The van der Waals surface area contributed by atoms with E-state index in [0.717, 1.165) is 22.3 Å². The van der Waals surface area contributed by atoms with E-state index in [9.17, 15) is 14.7 Å². The van der Waals surface area contributed by atoms with Gasteiger partial charge >= 0.3 is 0 Å². The first-order chi connectivity index (χ1) is 12.4. The van der Waals surface area contributed by atoms with Crippen LogP contribution in [0.1, 0.15) is 11.1 Å². The molecule has 0 radical (unpaired) electrons. The van der Waals surface area contributed by atoms with Gasteiger partial charge in [0.2, 0.25) is 0 Å². The molecule has 0 aliphatic carbocycles. The Morgan fingerprint density at radius 1 is 1.23 bits per heavy atom. The second-order valence-corrected chi connectivity index (χ2v) is 6.74. The molecule has 0 atom stereocenters. The van der Waals surface area contributed by atoms with Crippen molar-refractivity contribution in [3.05, 3.63) is 69.9 Å². The molecule has 2 amide bonds. The zero-order valence-corrected chi connectivity index (χ0v) is 15.3. The third kappa shape index (κ3) is 3.58. The van der Waals surface area contributed by atoms with Crippen molar-refractivity contribution in [1.82, 2.24) is 10.2 Å². The Kier molecular flexibility index (Phi) is 5.00. The fourth-order valence-corrected chi connectivity index (χ4v) is 2.98. The van der Waals surface area contributed by atoms with E-state index in [2.05, 4.69) is 5.32 Å². The number of nitrogens with one attached hydrogen (secondary N) is 1.